The van der Waals surface area contributed by atoms with Gasteiger partial charge in [-0.05, 0) is 63.1 Å². The number of aryl methyl sites for hydroxylation is 2. The molecule has 1 aliphatic heterocycles. The van der Waals surface area contributed by atoms with Crippen molar-refractivity contribution in [2.75, 3.05) is 35.8 Å². The van der Waals surface area contributed by atoms with Crippen LogP contribution in [-0.4, -0.2) is 46.5 Å². The highest BCUT2D eigenvalue weighted by Crippen LogP contribution is 2.27. The van der Waals surface area contributed by atoms with Crippen molar-refractivity contribution in [3.8, 4) is 0 Å². The highest BCUT2D eigenvalue weighted by atomic mass is 32.2. The Hall–Kier alpha value is -2.58. The minimum Gasteiger partial charge on any atom is -0.368 e. The van der Waals surface area contributed by atoms with Gasteiger partial charge in [0.2, 0.25) is 0 Å². The van der Waals surface area contributed by atoms with Crippen molar-refractivity contribution < 1.29 is 13.2 Å². The van der Waals surface area contributed by atoms with E-state index in [0.29, 0.717) is 16.8 Å². The summed E-state index contributed by atoms with van der Waals surface area (Å²) in [5, 5.41) is 6.22. The quantitative estimate of drug-likeness (QED) is 0.656. The molecule has 3 rings (SSSR count). The number of nitrogens with one attached hydrogen (secondary N) is 3. The lowest BCUT2D eigenvalue weighted by molar-refractivity contribution is 0.0943. The molecule has 3 N–H and O–H groups in total. The Morgan fingerprint density at radius 2 is 1.77 bits per heavy atom. The standard InChI is InChI=1S/C22H30N4O3S/c1-15(2)24-22(27)19-14-18(7-8-20(19)26-11-9-23-10-12-26)25-30(28,29)21-13-16(3)5-6-17(21)4/h5-8,13-15,23,25H,9-12H2,1-4H3,(H,24,27). The number of hydrogen-bond donors (Lipinski definition) is 3. The summed E-state index contributed by atoms with van der Waals surface area (Å²) < 4.78 is 28.6. The zero-order chi connectivity index (χ0) is 21.9. The molecule has 1 heterocycles. The number of amides is 1. The molecule has 8 heteroatoms. The average molecular weight is 431 g/mol. The predicted molar refractivity (Wildman–Crippen MR) is 121 cm³/mol. The van der Waals surface area contributed by atoms with Crippen LogP contribution in [-0.2, 0) is 10.0 Å². The first kappa shape index (κ1) is 22.1. The van der Waals surface area contributed by atoms with Gasteiger partial charge in [-0.1, -0.05) is 12.1 Å². The lowest BCUT2D eigenvalue weighted by Crippen LogP contribution is -2.44. The lowest BCUT2D eigenvalue weighted by Gasteiger charge is -2.31. The average Bonchev–Trinajstić information content (AvgIpc) is 2.69. The second-order valence-electron chi connectivity index (χ2n) is 7.97. The summed E-state index contributed by atoms with van der Waals surface area (Å²) in [5.41, 5.74) is 3.18. The fourth-order valence-corrected chi connectivity index (χ4v) is 4.89. The molecule has 2 aromatic rings. The summed E-state index contributed by atoms with van der Waals surface area (Å²) in [6, 6.07) is 10.5. The number of nitrogens with zero attached hydrogens (tertiary/aromatic N) is 1. The van der Waals surface area contributed by atoms with E-state index in [1.54, 1.807) is 31.2 Å². The minimum absolute atomic E-state index is 0.0244. The van der Waals surface area contributed by atoms with Gasteiger partial charge in [-0.2, -0.15) is 0 Å². The first-order valence-corrected chi connectivity index (χ1v) is 11.7. The second kappa shape index (κ2) is 9.06. The first-order chi connectivity index (χ1) is 14.2. The third-order valence-corrected chi connectivity index (χ3v) is 6.53. The Kier molecular flexibility index (Phi) is 6.67. The van der Waals surface area contributed by atoms with Crippen LogP contribution in [0.4, 0.5) is 11.4 Å². The summed E-state index contributed by atoms with van der Waals surface area (Å²) >= 11 is 0. The number of anilines is 2. The number of carbonyl (C=O) groups is 1. The largest absolute Gasteiger partial charge is 0.368 e. The number of benzene rings is 2. The van der Waals surface area contributed by atoms with Crippen molar-refractivity contribution >= 4 is 27.3 Å². The van der Waals surface area contributed by atoms with E-state index in [9.17, 15) is 13.2 Å². The number of piperazine rings is 1. The maximum atomic E-state index is 13.0. The van der Waals surface area contributed by atoms with Gasteiger partial charge in [0, 0.05) is 43.6 Å². The number of hydrogen-bond acceptors (Lipinski definition) is 5. The maximum Gasteiger partial charge on any atom is 0.262 e. The molecule has 0 bridgehead atoms. The van der Waals surface area contributed by atoms with E-state index in [1.807, 2.05) is 32.9 Å². The summed E-state index contributed by atoms with van der Waals surface area (Å²) in [4.78, 5) is 15.3. The van der Waals surface area contributed by atoms with Crippen molar-refractivity contribution in [3.63, 3.8) is 0 Å². The molecule has 7 nitrogen and oxygen atoms in total. The Morgan fingerprint density at radius 3 is 2.43 bits per heavy atom. The summed E-state index contributed by atoms with van der Waals surface area (Å²) in [7, 11) is -3.78. The van der Waals surface area contributed by atoms with Crippen LogP contribution in [0.15, 0.2) is 41.3 Å². The first-order valence-electron chi connectivity index (χ1n) is 10.2. The molecule has 1 saturated heterocycles. The number of rotatable bonds is 6. The molecule has 0 saturated carbocycles. The Balaban J connectivity index is 1.97. The predicted octanol–water partition coefficient (Wildman–Crippen LogP) is 2.65. The van der Waals surface area contributed by atoms with Crippen LogP contribution in [0.25, 0.3) is 0 Å². The van der Waals surface area contributed by atoms with Gasteiger partial charge in [-0.15, -0.1) is 0 Å². The SMILES string of the molecule is Cc1ccc(C)c(S(=O)(=O)Nc2ccc(N3CCNCC3)c(C(=O)NC(C)C)c2)c1. The van der Waals surface area contributed by atoms with Gasteiger partial charge >= 0.3 is 0 Å². The zero-order valence-corrected chi connectivity index (χ0v) is 18.8. The van der Waals surface area contributed by atoms with Crippen molar-refractivity contribution in [2.24, 2.45) is 0 Å². The van der Waals surface area contributed by atoms with Crippen molar-refractivity contribution in [1.29, 1.82) is 0 Å². The van der Waals surface area contributed by atoms with Crippen LogP contribution >= 0.6 is 0 Å². The van der Waals surface area contributed by atoms with Gasteiger partial charge in [0.05, 0.1) is 10.5 Å². The molecule has 1 amide bonds. The topological polar surface area (TPSA) is 90.5 Å². The molecule has 162 valence electrons. The molecule has 0 aromatic heterocycles. The molecule has 1 fully saturated rings. The van der Waals surface area contributed by atoms with E-state index in [-0.39, 0.29) is 16.8 Å². The van der Waals surface area contributed by atoms with Gasteiger partial charge in [0.15, 0.2) is 0 Å². The van der Waals surface area contributed by atoms with Gasteiger partial charge in [-0.25, -0.2) is 8.42 Å². The molecule has 0 aliphatic carbocycles. The van der Waals surface area contributed by atoms with E-state index >= 15 is 0 Å². The van der Waals surface area contributed by atoms with E-state index in [2.05, 4.69) is 20.3 Å². The van der Waals surface area contributed by atoms with Crippen molar-refractivity contribution in [2.45, 2.75) is 38.6 Å². The van der Waals surface area contributed by atoms with Crippen LogP contribution in [0.1, 0.15) is 35.3 Å². The van der Waals surface area contributed by atoms with Gasteiger partial charge in [0.25, 0.3) is 15.9 Å². The van der Waals surface area contributed by atoms with Crippen LogP contribution in [0, 0.1) is 13.8 Å². The summed E-state index contributed by atoms with van der Waals surface area (Å²) in [6.07, 6.45) is 0. The molecule has 2 aromatic carbocycles. The Bertz CT molecular complexity index is 1030. The number of carbonyl (C=O) groups excluding carboxylic acids is 1. The molecule has 0 radical (unpaired) electrons. The monoisotopic (exact) mass is 430 g/mol. The van der Waals surface area contributed by atoms with E-state index in [1.165, 1.54) is 0 Å². The molecule has 1 aliphatic rings. The zero-order valence-electron chi connectivity index (χ0n) is 18.0. The van der Waals surface area contributed by atoms with E-state index in [4.69, 9.17) is 0 Å². The van der Waals surface area contributed by atoms with Gasteiger partial charge in [-0.3, -0.25) is 9.52 Å². The molecular weight excluding hydrogens is 400 g/mol. The second-order valence-corrected chi connectivity index (χ2v) is 9.62. The third-order valence-electron chi connectivity index (χ3n) is 5.00. The summed E-state index contributed by atoms with van der Waals surface area (Å²) in [6.45, 7) is 10.7. The van der Waals surface area contributed by atoms with Crippen molar-refractivity contribution in [1.82, 2.24) is 10.6 Å². The van der Waals surface area contributed by atoms with Crippen LogP contribution in [0.3, 0.4) is 0 Å². The molecule has 0 spiro atoms. The third kappa shape index (κ3) is 5.12. The minimum atomic E-state index is -3.78. The fourth-order valence-electron chi connectivity index (χ4n) is 3.51. The normalized spacial score (nSPS) is 14.6. The van der Waals surface area contributed by atoms with Crippen LogP contribution in [0.5, 0.6) is 0 Å². The van der Waals surface area contributed by atoms with Crippen molar-refractivity contribution in [3.05, 3.63) is 53.1 Å². The fraction of sp³-hybridized carbons (Fsp3) is 0.409. The lowest BCUT2D eigenvalue weighted by atomic mass is 10.1. The van der Waals surface area contributed by atoms with Crippen LogP contribution < -0.4 is 20.3 Å². The molecular formula is C22H30N4O3S. The molecule has 0 atom stereocenters. The highest BCUT2D eigenvalue weighted by molar-refractivity contribution is 7.92. The van der Waals surface area contributed by atoms with E-state index < -0.39 is 10.0 Å². The molecule has 0 unspecified atom stereocenters. The summed E-state index contributed by atoms with van der Waals surface area (Å²) in [5.74, 6) is -0.216. The number of sulfonamides is 1. The Morgan fingerprint density at radius 1 is 1.07 bits per heavy atom. The smallest absolute Gasteiger partial charge is 0.262 e. The van der Waals surface area contributed by atoms with Crippen LogP contribution in [0.2, 0.25) is 0 Å². The van der Waals surface area contributed by atoms with E-state index in [0.717, 1.165) is 37.4 Å². The van der Waals surface area contributed by atoms with Gasteiger partial charge < -0.3 is 15.5 Å². The Labute approximate surface area is 178 Å². The maximum absolute atomic E-state index is 13.0. The highest BCUT2D eigenvalue weighted by Gasteiger charge is 2.22. The van der Waals surface area contributed by atoms with Gasteiger partial charge in [0.1, 0.15) is 0 Å². The molecule has 30 heavy (non-hydrogen) atoms.